The van der Waals surface area contributed by atoms with Gasteiger partial charge < -0.3 is 20.7 Å². The zero-order chi connectivity index (χ0) is 17.4. The Labute approximate surface area is 142 Å². The number of rotatable bonds is 7. The predicted molar refractivity (Wildman–Crippen MR) is 97.9 cm³/mol. The largest absolute Gasteiger partial charge is 0.354 e. The first-order valence-corrected chi connectivity index (χ1v) is 8.07. The second kappa shape index (κ2) is 8.72. The van der Waals surface area contributed by atoms with Gasteiger partial charge in [0.25, 0.3) is 0 Å². The first-order valence-electron chi connectivity index (χ1n) is 8.07. The van der Waals surface area contributed by atoms with E-state index in [1.165, 1.54) is 0 Å². The molecule has 0 radical (unpaired) electrons. The molecular weight excluding hydrogens is 302 g/mol. The number of ketones is 1. The van der Waals surface area contributed by atoms with Gasteiger partial charge in [-0.15, -0.1) is 0 Å². The maximum Gasteiger partial charge on any atom is 0.319 e. The molecular formula is C19H23N3O2. The molecule has 0 saturated heterocycles. The van der Waals surface area contributed by atoms with Crippen molar-refractivity contribution in [1.29, 1.82) is 0 Å². The van der Waals surface area contributed by atoms with Crippen LogP contribution in [0.5, 0.6) is 0 Å². The van der Waals surface area contributed by atoms with E-state index in [0.717, 1.165) is 16.9 Å². The average Bonchev–Trinajstić information content (AvgIpc) is 2.56. The van der Waals surface area contributed by atoms with E-state index in [1.54, 1.807) is 6.92 Å². The summed E-state index contributed by atoms with van der Waals surface area (Å²) in [7, 11) is 0. The second-order valence-electron chi connectivity index (χ2n) is 5.56. The molecule has 5 heteroatoms. The van der Waals surface area contributed by atoms with Gasteiger partial charge in [-0.05, 0) is 50.1 Å². The molecule has 2 amide bonds. The second-order valence-corrected chi connectivity index (χ2v) is 5.56. The molecule has 0 spiro atoms. The SMILES string of the molecule is CCNC(=O)Nc1cc(CCC(C)=O)ccc1Nc1ccccc1. The lowest BCUT2D eigenvalue weighted by Crippen LogP contribution is -2.28. The summed E-state index contributed by atoms with van der Waals surface area (Å²) in [5, 5.41) is 8.89. The van der Waals surface area contributed by atoms with Crippen LogP contribution in [0.1, 0.15) is 25.8 Å². The smallest absolute Gasteiger partial charge is 0.319 e. The lowest BCUT2D eigenvalue weighted by Gasteiger charge is -2.15. The van der Waals surface area contributed by atoms with Crippen LogP contribution in [0.2, 0.25) is 0 Å². The Bertz CT molecular complexity index is 699. The third kappa shape index (κ3) is 5.43. The van der Waals surface area contributed by atoms with Gasteiger partial charge >= 0.3 is 6.03 Å². The van der Waals surface area contributed by atoms with Crippen LogP contribution in [0.25, 0.3) is 0 Å². The Balaban J connectivity index is 2.23. The summed E-state index contributed by atoms with van der Waals surface area (Å²) in [6.07, 6.45) is 1.15. The van der Waals surface area contributed by atoms with E-state index >= 15 is 0 Å². The Hall–Kier alpha value is -2.82. The number of carbonyl (C=O) groups is 2. The molecule has 0 saturated carbocycles. The first kappa shape index (κ1) is 17.5. The maximum absolute atomic E-state index is 11.9. The van der Waals surface area contributed by atoms with Crippen LogP contribution in [0.4, 0.5) is 21.9 Å². The highest BCUT2D eigenvalue weighted by atomic mass is 16.2. The Morgan fingerprint density at radius 3 is 2.42 bits per heavy atom. The van der Waals surface area contributed by atoms with Crippen LogP contribution in [0.3, 0.4) is 0 Å². The Morgan fingerprint density at radius 2 is 1.75 bits per heavy atom. The zero-order valence-electron chi connectivity index (χ0n) is 14.1. The minimum absolute atomic E-state index is 0.153. The summed E-state index contributed by atoms with van der Waals surface area (Å²) in [5.74, 6) is 0.153. The van der Waals surface area contributed by atoms with Crippen molar-refractivity contribution in [2.45, 2.75) is 26.7 Å². The molecule has 0 aliphatic rings. The number of aryl methyl sites for hydroxylation is 1. The number of benzene rings is 2. The molecule has 24 heavy (non-hydrogen) atoms. The first-order chi connectivity index (χ1) is 11.6. The lowest BCUT2D eigenvalue weighted by molar-refractivity contribution is -0.116. The van der Waals surface area contributed by atoms with Gasteiger partial charge in [-0.2, -0.15) is 0 Å². The minimum atomic E-state index is -0.252. The molecule has 5 nitrogen and oxygen atoms in total. The van der Waals surface area contributed by atoms with Crippen molar-refractivity contribution in [2.75, 3.05) is 17.2 Å². The maximum atomic E-state index is 11.9. The van der Waals surface area contributed by atoms with Crippen LogP contribution < -0.4 is 16.0 Å². The number of hydrogen-bond acceptors (Lipinski definition) is 3. The monoisotopic (exact) mass is 325 g/mol. The molecule has 0 bridgehead atoms. The molecule has 0 unspecified atom stereocenters. The summed E-state index contributed by atoms with van der Waals surface area (Å²) < 4.78 is 0. The third-order valence-electron chi connectivity index (χ3n) is 3.49. The van der Waals surface area contributed by atoms with Crippen LogP contribution in [-0.4, -0.2) is 18.4 Å². The van der Waals surface area contributed by atoms with E-state index in [9.17, 15) is 9.59 Å². The summed E-state index contributed by atoms with van der Waals surface area (Å²) in [4.78, 5) is 23.1. The van der Waals surface area contributed by atoms with Crippen molar-refractivity contribution in [3.63, 3.8) is 0 Å². The molecule has 0 fully saturated rings. The number of Topliss-reactive ketones (excluding diaryl/α,β-unsaturated/α-hetero) is 1. The quantitative estimate of drug-likeness (QED) is 0.718. The Morgan fingerprint density at radius 1 is 1.00 bits per heavy atom. The van der Waals surface area contributed by atoms with Crippen LogP contribution in [0, 0.1) is 0 Å². The fraction of sp³-hybridized carbons (Fsp3) is 0.263. The van der Waals surface area contributed by atoms with Crippen LogP contribution in [0.15, 0.2) is 48.5 Å². The van der Waals surface area contributed by atoms with Gasteiger partial charge in [-0.25, -0.2) is 4.79 Å². The molecule has 2 aromatic rings. The minimum Gasteiger partial charge on any atom is -0.354 e. The van der Waals surface area contributed by atoms with Gasteiger partial charge in [-0.3, -0.25) is 0 Å². The molecule has 0 heterocycles. The summed E-state index contributed by atoms with van der Waals surface area (Å²) in [6, 6.07) is 15.3. The molecule has 3 N–H and O–H groups in total. The van der Waals surface area contributed by atoms with Gasteiger partial charge in [-0.1, -0.05) is 24.3 Å². The highest BCUT2D eigenvalue weighted by molar-refractivity contribution is 5.94. The number of carbonyl (C=O) groups excluding carboxylic acids is 2. The van der Waals surface area contributed by atoms with Crippen molar-refractivity contribution in [1.82, 2.24) is 5.32 Å². The molecule has 0 aliphatic carbocycles. The Kier molecular flexibility index (Phi) is 6.37. The predicted octanol–water partition coefficient (Wildman–Crippen LogP) is 4.09. The molecule has 2 aromatic carbocycles. The number of anilines is 3. The normalized spacial score (nSPS) is 10.1. The molecule has 0 aromatic heterocycles. The number of para-hydroxylation sites is 1. The number of nitrogens with one attached hydrogen (secondary N) is 3. The van der Waals surface area contributed by atoms with E-state index in [2.05, 4.69) is 16.0 Å². The summed E-state index contributed by atoms with van der Waals surface area (Å²) in [6.45, 7) is 4.00. The van der Waals surface area contributed by atoms with Crippen molar-refractivity contribution >= 4 is 28.9 Å². The van der Waals surface area contributed by atoms with Crippen molar-refractivity contribution in [2.24, 2.45) is 0 Å². The van der Waals surface area contributed by atoms with Crippen molar-refractivity contribution in [3.05, 3.63) is 54.1 Å². The fourth-order valence-corrected chi connectivity index (χ4v) is 2.28. The highest BCUT2D eigenvalue weighted by Gasteiger charge is 2.08. The van der Waals surface area contributed by atoms with Crippen LogP contribution in [-0.2, 0) is 11.2 Å². The van der Waals surface area contributed by atoms with Gasteiger partial charge in [0.1, 0.15) is 5.78 Å². The van der Waals surface area contributed by atoms with E-state index < -0.39 is 0 Å². The third-order valence-corrected chi connectivity index (χ3v) is 3.49. The molecule has 2 rings (SSSR count). The molecule has 0 aliphatic heterocycles. The van der Waals surface area contributed by atoms with Gasteiger partial charge in [0.2, 0.25) is 0 Å². The van der Waals surface area contributed by atoms with Gasteiger partial charge in [0.05, 0.1) is 11.4 Å². The molecule has 0 atom stereocenters. The van der Waals surface area contributed by atoms with E-state index in [4.69, 9.17) is 0 Å². The number of hydrogen-bond donors (Lipinski definition) is 3. The van der Waals surface area contributed by atoms with E-state index in [1.807, 2.05) is 55.5 Å². The topological polar surface area (TPSA) is 70.2 Å². The number of urea groups is 1. The van der Waals surface area contributed by atoms with Crippen molar-refractivity contribution in [3.8, 4) is 0 Å². The standard InChI is InChI=1S/C19H23N3O2/c1-3-20-19(24)22-18-13-15(10-9-14(2)23)11-12-17(18)21-16-7-5-4-6-8-16/h4-8,11-13,21H,3,9-10H2,1-2H3,(H2,20,22,24). The zero-order valence-corrected chi connectivity index (χ0v) is 14.1. The van der Waals surface area contributed by atoms with E-state index in [-0.39, 0.29) is 11.8 Å². The van der Waals surface area contributed by atoms with Crippen LogP contribution >= 0.6 is 0 Å². The fourth-order valence-electron chi connectivity index (χ4n) is 2.28. The van der Waals surface area contributed by atoms with Crippen molar-refractivity contribution < 1.29 is 9.59 Å². The van der Waals surface area contributed by atoms with E-state index in [0.29, 0.717) is 25.1 Å². The lowest BCUT2D eigenvalue weighted by atomic mass is 10.1. The summed E-state index contributed by atoms with van der Waals surface area (Å²) >= 11 is 0. The number of amides is 2. The summed E-state index contributed by atoms with van der Waals surface area (Å²) in [5.41, 5.74) is 3.44. The molecule has 126 valence electrons. The average molecular weight is 325 g/mol. The van der Waals surface area contributed by atoms with Gasteiger partial charge in [0, 0.05) is 18.7 Å². The highest BCUT2D eigenvalue weighted by Crippen LogP contribution is 2.27. The van der Waals surface area contributed by atoms with Gasteiger partial charge in [0.15, 0.2) is 0 Å².